The van der Waals surface area contributed by atoms with E-state index in [-0.39, 0.29) is 6.10 Å². The lowest BCUT2D eigenvalue weighted by Gasteiger charge is -2.10. The van der Waals surface area contributed by atoms with Crippen LogP contribution in [0, 0.1) is 5.92 Å². The van der Waals surface area contributed by atoms with E-state index in [2.05, 4.69) is 33.8 Å². The Balaban J connectivity index is 3.37. The second kappa shape index (κ2) is 8.05. The van der Waals surface area contributed by atoms with Crippen LogP contribution in [0.1, 0.15) is 59.8 Å². The van der Waals surface area contributed by atoms with Crippen LogP contribution in [0.4, 0.5) is 0 Å². The van der Waals surface area contributed by atoms with Gasteiger partial charge in [-0.25, -0.2) is 0 Å². The normalized spacial score (nSPS) is 13.0. The highest BCUT2D eigenvalue weighted by Crippen LogP contribution is 2.11. The summed E-state index contributed by atoms with van der Waals surface area (Å²) < 4.78 is 0. The summed E-state index contributed by atoms with van der Waals surface area (Å²) >= 11 is 0. The topological polar surface area (TPSA) is 20.2 Å². The van der Waals surface area contributed by atoms with E-state index in [1.807, 2.05) is 0 Å². The third kappa shape index (κ3) is 9.79. The average Bonchev–Trinajstić information content (AvgIpc) is 2.02. The SMILES string of the molecule is CC(C)=CCCC(O)CCCC(C)C. The lowest BCUT2D eigenvalue weighted by atomic mass is 10.0. The van der Waals surface area contributed by atoms with Crippen molar-refractivity contribution in [3.8, 4) is 0 Å². The first-order valence-corrected chi connectivity index (χ1v) is 5.83. The molecule has 0 fully saturated rings. The Labute approximate surface area is 89.2 Å². The first-order valence-electron chi connectivity index (χ1n) is 5.83. The van der Waals surface area contributed by atoms with Crippen molar-refractivity contribution in [2.45, 2.75) is 65.9 Å². The van der Waals surface area contributed by atoms with E-state index in [4.69, 9.17) is 0 Å². The molecule has 0 spiro atoms. The summed E-state index contributed by atoms with van der Waals surface area (Å²) in [5.41, 5.74) is 1.35. The highest BCUT2D eigenvalue weighted by molar-refractivity contribution is 4.92. The van der Waals surface area contributed by atoms with E-state index in [0.717, 1.165) is 31.6 Å². The molecule has 0 rings (SSSR count). The summed E-state index contributed by atoms with van der Waals surface area (Å²) in [5.74, 6) is 0.764. The molecule has 1 unspecified atom stereocenters. The molecule has 84 valence electrons. The highest BCUT2D eigenvalue weighted by Gasteiger charge is 2.03. The zero-order chi connectivity index (χ0) is 11.0. The van der Waals surface area contributed by atoms with Crippen molar-refractivity contribution >= 4 is 0 Å². The predicted molar refractivity (Wildman–Crippen MR) is 63.4 cm³/mol. The Kier molecular flexibility index (Phi) is 7.87. The van der Waals surface area contributed by atoms with Crippen LogP contribution in [0.15, 0.2) is 11.6 Å². The van der Waals surface area contributed by atoms with Crippen LogP contribution in [0.3, 0.4) is 0 Å². The molecule has 0 saturated carbocycles. The van der Waals surface area contributed by atoms with Gasteiger partial charge in [-0.05, 0) is 39.0 Å². The lowest BCUT2D eigenvalue weighted by molar-refractivity contribution is 0.150. The summed E-state index contributed by atoms with van der Waals surface area (Å²) in [7, 11) is 0. The molecule has 1 nitrogen and oxygen atoms in total. The first-order chi connectivity index (χ1) is 6.52. The monoisotopic (exact) mass is 198 g/mol. The third-order valence-electron chi connectivity index (χ3n) is 2.37. The molecule has 14 heavy (non-hydrogen) atoms. The zero-order valence-electron chi connectivity index (χ0n) is 10.2. The van der Waals surface area contributed by atoms with Gasteiger partial charge in [-0.1, -0.05) is 38.3 Å². The van der Waals surface area contributed by atoms with Gasteiger partial charge >= 0.3 is 0 Å². The molecule has 0 aromatic heterocycles. The van der Waals surface area contributed by atoms with Gasteiger partial charge in [0.25, 0.3) is 0 Å². The summed E-state index contributed by atoms with van der Waals surface area (Å²) in [4.78, 5) is 0. The maximum absolute atomic E-state index is 9.65. The maximum Gasteiger partial charge on any atom is 0.0543 e. The van der Waals surface area contributed by atoms with Crippen molar-refractivity contribution in [3.63, 3.8) is 0 Å². The van der Waals surface area contributed by atoms with E-state index in [9.17, 15) is 5.11 Å². The van der Waals surface area contributed by atoms with Crippen molar-refractivity contribution in [3.05, 3.63) is 11.6 Å². The van der Waals surface area contributed by atoms with Gasteiger partial charge in [0, 0.05) is 0 Å². The molecular weight excluding hydrogens is 172 g/mol. The van der Waals surface area contributed by atoms with Crippen LogP contribution >= 0.6 is 0 Å². The lowest BCUT2D eigenvalue weighted by Crippen LogP contribution is -2.06. The molecular formula is C13H26O. The Morgan fingerprint density at radius 1 is 1.14 bits per heavy atom. The van der Waals surface area contributed by atoms with Gasteiger partial charge in [-0.2, -0.15) is 0 Å². The minimum Gasteiger partial charge on any atom is -0.393 e. The van der Waals surface area contributed by atoms with Gasteiger partial charge in [0.15, 0.2) is 0 Å². The maximum atomic E-state index is 9.65. The fraction of sp³-hybridized carbons (Fsp3) is 0.846. The van der Waals surface area contributed by atoms with Crippen LogP contribution in [0.5, 0.6) is 0 Å². The molecule has 1 heteroatoms. The largest absolute Gasteiger partial charge is 0.393 e. The first kappa shape index (κ1) is 13.7. The van der Waals surface area contributed by atoms with Gasteiger partial charge in [0.1, 0.15) is 0 Å². The van der Waals surface area contributed by atoms with Crippen LogP contribution in [0.2, 0.25) is 0 Å². The highest BCUT2D eigenvalue weighted by atomic mass is 16.3. The Bertz CT molecular complexity index is 155. The minimum atomic E-state index is -0.0932. The molecule has 0 aliphatic carbocycles. The molecule has 0 radical (unpaired) electrons. The molecule has 0 bridgehead atoms. The second-order valence-corrected chi connectivity index (χ2v) is 4.84. The molecule has 0 amide bonds. The quantitative estimate of drug-likeness (QED) is 0.615. The number of allylic oxidation sites excluding steroid dienone is 2. The van der Waals surface area contributed by atoms with Gasteiger partial charge in [-0.15, -0.1) is 0 Å². The smallest absolute Gasteiger partial charge is 0.0543 e. The van der Waals surface area contributed by atoms with Crippen molar-refractivity contribution in [2.24, 2.45) is 5.92 Å². The number of hydrogen-bond donors (Lipinski definition) is 1. The average molecular weight is 198 g/mol. The molecule has 0 saturated heterocycles. The van der Waals surface area contributed by atoms with Crippen molar-refractivity contribution in [1.82, 2.24) is 0 Å². The Morgan fingerprint density at radius 2 is 1.79 bits per heavy atom. The van der Waals surface area contributed by atoms with Gasteiger partial charge in [-0.3, -0.25) is 0 Å². The molecule has 0 aliphatic rings. The van der Waals surface area contributed by atoms with Crippen LogP contribution in [0.25, 0.3) is 0 Å². The zero-order valence-corrected chi connectivity index (χ0v) is 10.2. The van der Waals surface area contributed by atoms with E-state index >= 15 is 0 Å². The molecule has 0 aromatic rings. The second-order valence-electron chi connectivity index (χ2n) is 4.84. The summed E-state index contributed by atoms with van der Waals surface area (Å²) in [5, 5.41) is 9.65. The van der Waals surface area contributed by atoms with Crippen molar-refractivity contribution < 1.29 is 5.11 Å². The Hall–Kier alpha value is -0.300. The van der Waals surface area contributed by atoms with E-state index in [1.54, 1.807) is 0 Å². The number of aliphatic hydroxyl groups is 1. The number of aliphatic hydroxyl groups excluding tert-OH is 1. The molecule has 0 heterocycles. The van der Waals surface area contributed by atoms with Crippen molar-refractivity contribution in [1.29, 1.82) is 0 Å². The summed E-state index contributed by atoms with van der Waals surface area (Å²) in [6.45, 7) is 8.67. The van der Waals surface area contributed by atoms with Gasteiger partial charge in [0.05, 0.1) is 6.10 Å². The fourth-order valence-electron chi connectivity index (χ4n) is 1.47. The fourth-order valence-corrected chi connectivity index (χ4v) is 1.47. The number of rotatable bonds is 7. The Morgan fingerprint density at radius 3 is 2.29 bits per heavy atom. The van der Waals surface area contributed by atoms with Gasteiger partial charge < -0.3 is 5.11 Å². The molecule has 0 aromatic carbocycles. The number of hydrogen-bond acceptors (Lipinski definition) is 1. The minimum absolute atomic E-state index is 0.0932. The molecule has 0 aliphatic heterocycles. The van der Waals surface area contributed by atoms with Gasteiger partial charge in [0.2, 0.25) is 0 Å². The van der Waals surface area contributed by atoms with E-state index in [0.29, 0.717) is 0 Å². The van der Waals surface area contributed by atoms with Crippen LogP contribution in [-0.4, -0.2) is 11.2 Å². The molecule has 1 atom stereocenters. The summed E-state index contributed by atoms with van der Waals surface area (Å²) in [6, 6.07) is 0. The van der Waals surface area contributed by atoms with E-state index < -0.39 is 0 Å². The predicted octanol–water partition coefficient (Wildman–Crippen LogP) is 3.92. The van der Waals surface area contributed by atoms with Crippen LogP contribution < -0.4 is 0 Å². The standard InChI is InChI=1S/C13H26O/c1-11(2)7-5-9-13(14)10-6-8-12(3)4/h7,12-14H,5-6,8-10H2,1-4H3. The van der Waals surface area contributed by atoms with E-state index in [1.165, 1.54) is 12.0 Å². The van der Waals surface area contributed by atoms with Crippen molar-refractivity contribution in [2.75, 3.05) is 0 Å². The van der Waals surface area contributed by atoms with Crippen LogP contribution in [-0.2, 0) is 0 Å². The summed E-state index contributed by atoms with van der Waals surface area (Å²) in [6.07, 6.45) is 7.41. The molecule has 1 N–H and O–H groups in total. The third-order valence-corrected chi connectivity index (χ3v) is 2.37.